The van der Waals surface area contributed by atoms with Gasteiger partial charge in [-0.25, -0.2) is 4.98 Å². The highest BCUT2D eigenvalue weighted by Gasteiger charge is 2.09. The second-order valence-electron chi connectivity index (χ2n) is 4.02. The van der Waals surface area contributed by atoms with Crippen molar-refractivity contribution in [3.05, 3.63) is 22.3 Å². The smallest absolute Gasteiger partial charge is 0.131 e. The monoisotopic (exact) mass is 271 g/mol. The van der Waals surface area contributed by atoms with Gasteiger partial charge in [-0.15, -0.1) is 0 Å². The summed E-state index contributed by atoms with van der Waals surface area (Å²) in [6.45, 7) is 5.85. The SMILES string of the molecule is Cc1cc(Br)cnc1N(C)CC(C)CN. The summed E-state index contributed by atoms with van der Waals surface area (Å²) < 4.78 is 1.02. The summed E-state index contributed by atoms with van der Waals surface area (Å²) in [5.74, 6) is 1.51. The Hall–Kier alpha value is -0.610. The third-order valence-electron chi connectivity index (χ3n) is 2.37. The van der Waals surface area contributed by atoms with Crippen LogP contribution < -0.4 is 10.6 Å². The predicted octanol–water partition coefficient (Wildman–Crippen LogP) is 2.18. The first-order valence-corrected chi connectivity index (χ1v) is 5.87. The van der Waals surface area contributed by atoms with E-state index < -0.39 is 0 Å². The number of pyridine rings is 1. The van der Waals surface area contributed by atoms with Crippen LogP contribution in [0, 0.1) is 12.8 Å². The molecule has 0 saturated carbocycles. The number of aromatic nitrogens is 1. The van der Waals surface area contributed by atoms with Gasteiger partial charge in [0, 0.05) is 24.3 Å². The van der Waals surface area contributed by atoms with Crippen LogP contribution >= 0.6 is 15.9 Å². The summed E-state index contributed by atoms with van der Waals surface area (Å²) in [6.07, 6.45) is 1.83. The molecule has 0 spiro atoms. The molecule has 84 valence electrons. The van der Waals surface area contributed by atoms with Gasteiger partial charge in [-0.3, -0.25) is 0 Å². The van der Waals surface area contributed by atoms with Gasteiger partial charge in [0.2, 0.25) is 0 Å². The number of halogens is 1. The van der Waals surface area contributed by atoms with Crippen LogP contribution in [0.2, 0.25) is 0 Å². The number of nitrogens with two attached hydrogens (primary N) is 1. The van der Waals surface area contributed by atoms with Crippen LogP contribution in [0.5, 0.6) is 0 Å². The van der Waals surface area contributed by atoms with Crippen molar-refractivity contribution in [3.63, 3.8) is 0 Å². The molecule has 1 unspecified atom stereocenters. The predicted molar refractivity (Wildman–Crippen MR) is 68.2 cm³/mol. The van der Waals surface area contributed by atoms with E-state index in [1.165, 1.54) is 5.56 Å². The van der Waals surface area contributed by atoms with E-state index in [4.69, 9.17) is 5.73 Å². The largest absolute Gasteiger partial charge is 0.359 e. The molecule has 0 saturated heterocycles. The molecule has 4 heteroatoms. The minimum atomic E-state index is 0.486. The molecule has 15 heavy (non-hydrogen) atoms. The highest BCUT2D eigenvalue weighted by molar-refractivity contribution is 9.10. The van der Waals surface area contributed by atoms with Gasteiger partial charge in [-0.1, -0.05) is 6.92 Å². The van der Waals surface area contributed by atoms with E-state index >= 15 is 0 Å². The Bertz CT molecular complexity index is 328. The van der Waals surface area contributed by atoms with E-state index in [2.05, 4.69) is 52.8 Å². The van der Waals surface area contributed by atoms with Crippen LogP contribution in [0.1, 0.15) is 12.5 Å². The van der Waals surface area contributed by atoms with Crippen LogP contribution in [0.25, 0.3) is 0 Å². The molecule has 1 atom stereocenters. The Morgan fingerprint density at radius 2 is 2.27 bits per heavy atom. The van der Waals surface area contributed by atoms with E-state index in [9.17, 15) is 0 Å². The molecule has 3 nitrogen and oxygen atoms in total. The summed E-state index contributed by atoms with van der Waals surface area (Å²) in [7, 11) is 2.05. The molecule has 1 aromatic rings. The Morgan fingerprint density at radius 1 is 1.60 bits per heavy atom. The Labute approximate surface area is 99.8 Å². The molecule has 0 aliphatic carbocycles. The molecule has 0 bridgehead atoms. The number of anilines is 1. The van der Waals surface area contributed by atoms with Crippen molar-refractivity contribution >= 4 is 21.7 Å². The number of hydrogen-bond donors (Lipinski definition) is 1. The first-order chi connectivity index (χ1) is 7.04. The molecule has 0 fully saturated rings. The fourth-order valence-electron chi connectivity index (χ4n) is 1.56. The molecule has 1 aromatic heterocycles. The van der Waals surface area contributed by atoms with Crippen molar-refractivity contribution in [2.24, 2.45) is 11.7 Å². The molecule has 0 amide bonds. The number of hydrogen-bond acceptors (Lipinski definition) is 3. The van der Waals surface area contributed by atoms with Gasteiger partial charge in [0.25, 0.3) is 0 Å². The van der Waals surface area contributed by atoms with Crippen molar-refractivity contribution < 1.29 is 0 Å². The van der Waals surface area contributed by atoms with E-state index in [-0.39, 0.29) is 0 Å². The second-order valence-corrected chi connectivity index (χ2v) is 4.93. The lowest BCUT2D eigenvalue weighted by molar-refractivity contribution is 0.587. The Morgan fingerprint density at radius 3 is 2.80 bits per heavy atom. The Kier molecular flexibility index (Phi) is 4.54. The molecule has 0 aromatic carbocycles. The fourth-order valence-corrected chi connectivity index (χ4v) is 2.01. The summed E-state index contributed by atoms with van der Waals surface area (Å²) in [6, 6.07) is 2.08. The van der Waals surface area contributed by atoms with Gasteiger partial charge in [-0.2, -0.15) is 0 Å². The molecule has 0 radical (unpaired) electrons. The number of aryl methyl sites for hydroxylation is 1. The average Bonchev–Trinajstić information content (AvgIpc) is 2.17. The second kappa shape index (κ2) is 5.47. The normalized spacial score (nSPS) is 12.6. The zero-order chi connectivity index (χ0) is 11.4. The lowest BCUT2D eigenvalue weighted by atomic mass is 10.1. The number of nitrogens with zero attached hydrogens (tertiary/aromatic N) is 2. The van der Waals surface area contributed by atoms with Crippen molar-refractivity contribution in [3.8, 4) is 0 Å². The summed E-state index contributed by atoms with van der Waals surface area (Å²) >= 11 is 3.41. The van der Waals surface area contributed by atoms with Crippen molar-refractivity contribution in [1.29, 1.82) is 0 Å². The molecular formula is C11H18BrN3. The van der Waals surface area contributed by atoms with E-state index in [1.54, 1.807) is 0 Å². The maximum Gasteiger partial charge on any atom is 0.131 e. The fraction of sp³-hybridized carbons (Fsp3) is 0.545. The zero-order valence-electron chi connectivity index (χ0n) is 9.50. The third-order valence-corrected chi connectivity index (χ3v) is 2.80. The Balaban J connectivity index is 2.77. The zero-order valence-corrected chi connectivity index (χ0v) is 11.1. The van der Waals surface area contributed by atoms with Crippen molar-refractivity contribution in [1.82, 2.24) is 4.98 Å². The first-order valence-electron chi connectivity index (χ1n) is 5.08. The van der Waals surface area contributed by atoms with Gasteiger partial charge in [0.05, 0.1) is 0 Å². The molecule has 2 N–H and O–H groups in total. The van der Waals surface area contributed by atoms with Gasteiger partial charge in [-0.05, 0) is 46.9 Å². The van der Waals surface area contributed by atoms with Gasteiger partial charge < -0.3 is 10.6 Å². The molecule has 1 heterocycles. The summed E-state index contributed by atoms with van der Waals surface area (Å²) in [5.41, 5.74) is 6.78. The van der Waals surface area contributed by atoms with E-state index in [1.807, 2.05) is 6.20 Å². The van der Waals surface area contributed by atoms with Crippen molar-refractivity contribution in [2.75, 3.05) is 25.0 Å². The van der Waals surface area contributed by atoms with Gasteiger partial charge in [0.1, 0.15) is 5.82 Å². The standard InChI is InChI=1S/C11H18BrN3/c1-8(5-13)7-15(3)11-9(2)4-10(12)6-14-11/h4,6,8H,5,7,13H2,1-3H3. The van der Waals surface area contributed by atoms with Crippen LogP contribution in [0.4, 0.5) is 5.82 Å². The maximum absolute atomic E-state index is 5.61. The molecular weight excluding hydrogens is 254 g/mol. The topological polar surface area (TPSA) is 42.2 Å². The van der Waals surface area contributed by atoms with Crippen LogP contribution in [-0.2, 0) is 0 Å². The number of rotatable bonds is 4. The lowest BCUT2D eigenvalue weighted by Crippen LogP contribution is -2.29. The minimum absolute atomic E-state index is 0.486. The summed E-state index contributed by atoms with van der Waals surface area (Å²) in [5, 5.41) is 0. The maximum atomic E-state index is 5.61. The highest BCUT2D eigenvalue weighted by Crippen LogP contribution is 2.20. The molecule has 0 aliphatic heterocycles. The van der Waals surface area contributed by atoms with Crippen molar-refractivity contribution in [2.45, 2.75) is 13.8 Å². The van der Waals surface area contributed by atoms with E-state index in [0.29, 0.717) is 12.5 Å². The van der Waals surface area contributed by atoms with Gasteiger partial charge >= 0.3 is 0 Å². The van der Waals surface area contributed by atoms with Crippen LogP contribution in [0.3, 0.4) is 0 Å². The lowest BCUT2D eigenvalue weighted by Gasteiger charge is -2.23. The highest BCUT2D eigenvalue weighted by atomic mass is 79.9. The van der Waals surface area contributed by atoms with Crippen LogP contribution in [-0.4, -0.2) is 25.1 Å². The third kappa shape index (κ3) is 3.47. The van der Waals surface area contributed by atoms with Crippen LogP contribution in [0.15, 0.2) is 16.7 Å². The van der Waals surface area contributed by atoms with E-state index in [0.717, 1.165) is 16.8 Å². The average molecular weight is 272 g/mol. The minimum Gasteiger partial charge on any atom is -0.359 e. The molecule has 1 rings (SSSR count). The molecule has 0 aliphatic rings. The first kappa shape index (κ1) is 12.5. The summed E-state index contributed by atoms with van der Waals surface area (Å²) in [4.78, 5) is 6.56. The quantitative estimate of drug-likeness (QED) is 0.913. The van der Waals surface area contributed by atoms with Gasteiger partial charge in [0.15, 0.2) is 0 Å².